The fourth-order valence-electron chi connectivity index (χ4n) is 3.47. The van der Waals surface area contributed by atoms with Crippen molar-refractivity contribution in [2.45, 2.75) is 19.4 Å². The molecule has 1 N–H and O–H groups in total. The summed E-state index contributed by atoms with van der Waals surface area (Å²) in [5, 5.41) is 6.10. The van der Waals surface area contributed by atoms with E-state index in [2.05, 4.69) is 102 Å². The number of aromatic nitrogens is 1. The Hall–Kier alpha value is -1.78. The number of aryl methyl sites for hydroxylation is 1. The molecule has 0 bridgehead atoms. The first kappa shape index (κ1) is 17.6. The van der Waals surface area contributed by atoms with Gasteiger partial charge in [-0.1, -0.05) is 50.1 Å². The van der Waals surface area contributed by atoms with Crippen LogP contribution in [0.15, 0.2) is 75.7 Å². The highest BCUT2D eigenvalue weighted by Crippen LogP contribution is 2.33. The maximum Gasteiger partial charge on any atom is 0.0492 e. The molecule has 132 valence electrons. The Morgan fingerprint density at radius 1 is 0.731 bits per heavy atom. The first-order valence-corrected chi connectivity index (χ1v) is 10.5. The molecule has 0 radical (unpaired) electrons. The number of hydrogen-bond acceptors (Lipinski definition) is 1. The molecule has 26 heavy (non-hydrogen) atoms. The number of unbranched alkanes of at least 4 members (excludes halogenated alkanes) is 1. The number of nitrogens with one attached hydrogen (secondary N) is 1. The van der Waals surface area contributed by atoms with Gasteiger partial charge in [-0.3, -0.25) is 0 Å². The lowest BCUT2D eigenvalue weighted by Crippen LogP contribution is -2.04. The Kier molecular flexibility index (Phi) is 5.32. The number of rotatable bonds is 6. The zero-order valence-electron chi connectivity index (χ0n) is 14.4. The van der Waals surface area contributed by atoms with E-state index < -0.39 is 0 Å². The van der Waals surface area contributed by atoms with E-state index in [0.717, 1.165) is 34.9 Å². The predicted molar refractivity (Wildman–Crippen MR) is 119 cm³/mol. The monoisotopic (exact) mass is 470 g/mol. The van der Waals surface area contributed by atoms with Gasteiger partial charge in [0.2, 0.25) is 0 Å². The van der Waals surface area contributed by atoms with E-state index >= 15 is 0 Å². The van der Waals surface area contributed by atoms with Gasteiger partial charge in [-0.2, -0.15) is 0 Å². The van der Waals surface area contributed by atoms with Gasteiger partial charge in [0.25, 0.3) is 0 Å². The molecule has 0 spiro atoms. The van der Waals surface area contributed by atoms with Crippen molar-refractivity contribution in [3.05, 3.63) is 75.7 Å². The van der Waals surface area contributed by atoms with Crippen molar-refractivity contribution < 1.29 is 0 Å². The molecule has 4 aromatic rings. The molecular formula is C22H20Br2N2. The maximum atomic E-state index is 3.61. The minimum Gasteiger partial charge on any atom is -0.385 e. The second kappa shape index (κ2) is 7.85. The summed E-state index contributed by atoms with van der Waals surface area (Å²) in [7, 11) is 0. The summed E-state index contributed by atoms with van der Waals surface area (Å²) in [4.78, 5) is 0. The topological polar surface area (TPSA) is 17.0 Å². The standard InChI is InChI=1S/C22H20Br2N2/c23-16-8-10-21-19(14-16)20-15-17(24)9-11-22(20)26(21)13-5-4-12-25-18-6-2-1-3-7-18/h1-3,6-11,14-15,25H,4-5,12-13H2. The first-order valence-electron chi connectivity index (χ1n) is 8.88. The molecule has 0 atom stereocenters. The minimum absolute atomic E-state index is 0.998. The molecule has 0 aliphatic rings. The fraction of sp³-hybridized carbons (Fsp3) is 0.182. The largest absolute Gasteiger partial charge is 0.385 e. The van der Waals surface area contributed by atoms with Crippen molar-refractivity contribution in [3.63, 3.8) is 0 Å². The van der Waals surface area contributed by atoms with Crippen molar-refractivity contribution in [1.82, 2.24) is 4.57 Å². The quantitative estimate of drug-likeness (QED) is 0.294. The normalized spacial score (nSPS) is 11.3. The summed E-state index contributed by atoms with van der Waals surface area (Å²) in [5.41, 5.74) is 3.80. The van der Waals surface area contributed by atoms with Gasteiger partial charge in [-0.25, -0.2) is 0 Å². The molecule has 4 heteroatoms. The Morgan fingerprint density at radius 2 is 1.35 bits per heavy atom. The highest BCUT2D eigenvalue weighted by atomic mass is 79.9. The van der Waals surface area contributed by atoms with Crippen LogP contribution in [-0.2, 0) is 6.54 Å². The van der Waals surface area contributed by atoms with Crippen molar-refractivity contribution in [2.75, 3.05) is 11.9 Å². The zero-order valence-corrected chi connectivity index (χ0v) is 17.6. The number of halogens is 2. The van der Waals surface area contributed by atoms with Crippen LogP contribution in [0.25, 0.3) is 21.8 Å². The molecule has 4 rings (SSSR count). The van der Waals surface area contributed by atoms with Crippen molar-refractivity contribution in [3.8, 4) is 0 Å². The first-order chi connectivity index (χ1) is 12.7. The summed E-state index contributed by atoms with van der Waals surface area (Å²) in [5.74, 6) is 0. The summed E-state index contributed by atoms with van der Waals surface area (Å²) >= 11 is 7.22. The van der Waals surface area contributed by atoms with E-state index in [1.54, 1.807) is 0 Å². The van der Waals surface area contributed by atoms with Gasteiger partial charge in [0.05, 0.1) is 0 Å². The van der Waals surface area contributed by atoms with Crippen LogP contribution in [0.1, 0.15) is 12.8 Å². The predicted octanol–water partition coefficient (Wildman–Crippen LogP) is 7.21. The second-order valence-corrected chi connectivity index (χ2v) is 8.31. The highest BCUT2D eigenvalue weighted by Gasteiger charge is 2.11. The van der Waals surface area contributed by atoms with E-state index in [-0.39, 0.29) is 0 Å². The van der Waals surface area contributed by atoms with Crippen LogP contribution in [0.5, 0.6) is 0 Å². The third kappa shape index (κ3) is 3.67. The average Bonchev–Trinajstić information content (AvgIpc) is 2.95. The number of anilines is 1. The van der Waals surface area contributed by atoms with E-state index in [1.807, 2.05) is 6.07 Å². The molecule has 0 aliphatic carbocycles. The molecule has 0 saturated heterocycles. The third-order valence-electron chi connectivity index (χ3n) is 4.70. The highest BCUT2D eigenvalue weighted by molar-refractivity contribution is 9.10. The number of benzene rings is 3. The summed E-state index contributed by atoms with van der Waals surface area (Å²) in [6.07, 6.45) is 2.29. The lowest BCUT2D eigenvalue weighted by molar-refractivity contribution is 0.651. The Balaban J connectivity index is 1.52. The number of fused-ring (bicyclic) bond motifs is 3. The van der Waals surface area contributed by atoms with Crippen LogP contribution in [0.2, 0.25) is 0 Å². The van der Waals surface area contributed by atoms with Gasteiger partial charge in [-0.15, -0.1) is 0 Å². The molecule has 0 unspecified atom stereocenters. The van der Waals surface area contributed by atoms with E-state index in [1.165, 1.54) is 27.5 Å². The van der Waals surface area contributed by atoms with Crippen molar-refractivity contribution in [1.29, 1.82) is 0 Å². The summed E-state index contributed by atoms with van der Waals surface area (Å²) in [6, 6.07) is 23.5. The fourth-order valence-corrected chi connectivity index (χ4v) is 4.20. The van der Waals surface area contributed by atoms with E-state index in [9.17, 15) is 0 Å². The smallest absolute Gasteiger partial charge is 0.0492 e. The molecule has 3 aromatic carbocycles. The second-order valence-electron chi connectivity index (χ2n) is 6.47. The summed E-state index contributed by atoms with van der Waals surface area (Å²) in [6.45, 7) is 2.03. The zero-order chi connectivity index (χ0) is 17.9. The Morgan fingerprint density at radius 3 is 1.96 bits per heavy atom. The van der Waals surface area contributed by atoms with Gasteiger partial charge in [0.15, 0.2) is 0 Å². The van der Waals surface area contributed by atoms with Crippen LogP contribution >= 0.6 is 31.9 Å². The van der Waals surface area contributed by atoms with E-state index in [4.69, 9.17) is 0 Å². The van der Waals surface area contributed by atoms with Crippen LogP contribution in [0, 0.1) is 0 Å². The molecular weight excluding hydrogens is 452 g/mol. The van der Waals surface area contributed by atoms with Crippen LogP contribution in [0.4, 0.5) is 5.69 Å². The van der Waals surface area contributed by atoms with Crippen LogP contribution in [-0.4, -0.2) is 11.1 Å². The van der Waals surface area contributed by atoms with Gasteiger partial charge < -0.3 is 9.88 Å². The van der Waals surface area contributed by atoms with Gasteiger partial charge in [0, 0.05) is 49.5 Å². The van der Waals surface area contributed by atoms with Gasteiger partial charge in [-0.05, 0) is 61.4 Å². The van der Waals surface area contributed by atoms with E-state index in [0.29, 0.717) is 0 Å². The van der Waals surface area contributed by atoms with Crippen molar-refractivity contribution in [2.24, 2.45) is 0 Å². The Bertz CT molecular complexity index is 979. The molecule has 1 aromatic heterocycles. The number of para-hydroxylation sites is 1. The molecule has 0 amide bonds. The van der Waals surface area contributed by atoms with Crippen molar-refractivity contribution >= 4 is 59.4 Å². The molecule has 0 fully saturated rings. The lowest BCUT2D eigenvalue weighted by atomic mass is 10.2. The SMILES string of the molecule is Brc1ccc2c(c1)c1cc(Br)ccc1n2CCCCNc1ccccc1. The number of nitrogens with zero attached hydrogens (tertiary/aromatic N) is 1. The third-order valence-corrected chi connectivity index (χ3v) is 5.69. The average molecular weight is 472 g/mol. The molecule has 1 heterocycles. The van der Waals surface area contributed by atoms with Crippen LogP contribution in [0.3, 0.4) is 0 Å². The molecule has 2 nitrogen and oxygen atoms in total. The van der Waals surface area contributed by atoms with Gasteiger partial charge >= 0.3 is 0 Å². The Labute approximate surface area is 170 Å². The van der Waals surface area contributed by atoms with Gasteiger partial charge in [0.1, 0.15) is 0 Å². The minimum atomic E-state index is 0.998. The summed E-state index contributed by atoms with van der Waals surface area (Å²) < 4.78 is 4.69. The number of hydrogen-bond donors (Lipinski definition) is 1. The molecule has 0 saturated carbocycles. The van der Waals surface area contributed by atoms with Crippen LogP contribution < -0.4 is 5.32 Å². The lowest BCUT2D eigenvalue weighted by Gasteiger charge is -2.09. The maximum absolute atomic E-state index is 3.61. The molecule has 0 aliphatic heterocycles.